The molecule has 1 aliphatic heterocycles. The molecule has 4 aromatic rings. The maximum absolute atomic E-state index is 9.73. The van der Waals surface area contributed by atoms with Gasteiger partial charge in [0.2, 0.25) is 0 Å². The normalized spacial score (nSPS) is 14.9. The van der Waals surface area contributed by atoms with E-state index in [-0.39, 0.29) is 6.10 Å². The monoisotopic (exact) mass is 399 g/mol. The SMILES string of the molecule is Cc1n[nH]cc1-c1cc(-c2ccc(N3CCC(O)CC3)nc2)c2c(C#N)cnn2c1. The van der Waals surface area contributed by atoms with Crippen molar-refractivity contribution >= 4 is 11.3 Å². The van der Waals surface area contributed by atoms with Crippen molar-refractivity contribution in [1.29, 1.82) is 5.26 Å². The molecule has 150 valence electrons. The molecule has 2 N–H and O–H groups in total. The third kappa shape index (κ3) is 3.09. The van der Waals surface area contributed by atoms with Crippen molar-refractivity contribution in [3.63, 3.8) is 0 Å². The number of hydrogen-bond donors (Lipinski definition) is 2. The van der Waals surface area contributed by atoms with E-state index in [4.69, 9.17) is 0 Å². The summed E-state index contributed by atoms with van der Waals surface area (Å²) in [5, 5.41) is 30.8. The number of aliphatic hydroxyl groups is 1. The molecule has 0 bridgehead atoms. The first kappa shape index (κ1) is 18.3. The number of nitrogens with one attached hydrogen (secondary N) is 1. The number of aromatic nitrogens is 5. The highest BCUT2D eigenvalue weighted by Crippen LogP contribution is 2.33. The van der Waals surface area contributed by atoms with Crippen LogP contribution in [0.3, 0.4) is 0 Å². The van der Waals surface area contributed by atoms with E-state index in [0.717, 1.165) is 65.2 Å². The fourth-order valence-electron chi connectivity index (χ4n) is 4.05. The Balaban J connectivity index is 1.60. The Morgan fingerprint density at radius 2 is 2.00 bits per heavy atom. The van der Waals surface area contributed by atoms with Crippen LogP contribution in [0.2, 0.25) is 0 Å². The molecule has 0 radical (unpaired) electrons. The summed E-state index contributed by atoms with van der Waals surface area (Å²) in [4.78, 5) is 6.86. The van der Waals surface area contributed by atoms with Crippen LogP contribution in [0.4, 0.5) is 5.82 Å². The van der Waals surface area contributed by atoms with E-state index in [2.05, 4.69) is 37.3 Å². The first-order valence-corrected chi connectivity index (χ1v) is 9.95. The summed E-state index contributed by atoms with van der Waals surface area (Å²) in [7, 11) is 0. The molecule has 30 heavy (non-hydrogen) atoms. The van der Waals surface area contributed by atoms with Crippen LogP contribution in [0.5, 0.6) is 0 Å². The molecule has 0 unspecified atom stereocenters. The van der Waals surface area contributed by atoms with E-state index in [9.17, 15) is 10.4 Å². The molecule has 8 nitrogen and oxygen atoms in total. The zero-order chi connectivity index (χ0) is 20.7. The van der Waals surface area contributed by atoms with Gasteiger partial charge in [-0.1, -0.05) is 0 Å². The quantitative estimate of drug-likeness (QED) is 0.549. The van der Waals surface area contributed by atoms with Crippen molar-refractivity contribution in [2.24, 2.45) is 0 Å². The van der Waals surface area contributed by atoms with E-state index >= 15 is 0 Å². The van der Waals surface area contributed by atoms with Gasteiger partial charge in [-0.05, 0) is 38.0 Å². The minimum Gasteiger partial charge on any atom is -0.393 e. The molecule has 5 heterocycles. The molecule has 4 aromatic heterocycles. The van der Waals surface area contributed by atoms with Crippen molar-refractivity contribution in [1.82, 2.24) is 24.8 Å². The molecule has 1 fully saturated rings. The number of hydrogen-bond acceptors (Lipinski definition) is 6. The molecule has 1 saturated heterocycles. The predicted octanol–water partition coefficient (Wildman–Crippen LogP) is 2.93. The van der Waals surface area contributed by atoms with Crippen LogP contribution in [0.25, 0.3) is 27.8 Å². The van der Waals surface area contributed by atoms with Crippen LogP contribution < -0.4 is 4.90 Å². The molecule has 0 spiro atoms. The van der Waals surface area contributed by atoms with Crippen LogP contribution in [0.15, 0.2) is 43.0 Å². The Hall–Kier alpha value is -3.70. The molecule has 5 rings (SSSR count). The molecule has 8 heteroatoms. The molecular weight excluding hydrogens is 378 g/mol. The standard InChI is InChI=1S/C22H21N7O/c1-14-20(12-25-27-14)16-8-19(22-17(9-23)11-26-29(22)13-16)15-2-3-21(24-10-15)28-6-4-18(30)5-7-28/h2-3,8,10-13,18,30H,4-7H2,1H3,(H,25,27). The van der Waals surface area contributed by atoms with Gasteiger partial charge in [0.05, 0.1) is 29.1 Å². The van der Waals surface area contributed by atoms with Gasteiger partial charge in [0, 0.05) is 53.9 Å². The summed E-state index contributed by atoms with van der Waals surface area (Å²) in [6.45, 7) is 3.55. The Kier molecular flexibility index (Phi) is 4.45. The second kappa shape index (κ2) is 7.28. The van der Waals surface area contributed by atoms with Crippen LogP contribution in [0, 0.1) is 18.3 Å². The number of nitriles is 1. The van der Waals surface area contributed by atoms with Crippen molar-refractivity contribution in [2.75, 3.05) is 18.0 Å². The van der Waals surface area contributed by atoms with Gasteiger partial charge in [-0.25, -0.2) is 9.50 Å². The minimum atomic E-state index is -0.214. The zero-order valence-corrected chi connectivity index (χ0v) is 16.6. The minimum absolute atomic E-state index is 0.214. The summed E-state index contributed by atoms with van der Waals surface area (Å²) < 4.78 is 1.75. The second-order valence-electron chi connectivity index (χ2n) is 7.61. The van der Waals surface area contributed by atoms with Gasteiger partial charge in [-0.15, -0.1) is 0 Å². The number of nitrogens with zero attached hydrogens (tertiary/aromatic N) is 6. The molecule has 0 saturated carbocycles. The van der Waals surface area contributed by atoms with E-state index < -0.39 is 0 Å². The molecular formula is C22H21N7O. The lowest BCUT2D eigenvalue weighted by Gasteiger charge is -2.30. The predicted molar refractivity (Wildman–Crippen MR) is 113 cm³/mol. The largest absolute Gasteiger partial charge is 0.393 e. The van der Waals surface area contributed by atoms with Crippen LogP contribution in [0.1, 0.15) is 24.1 Å². The fraction of sp³-hybridized carbons (Fsp3) is 0.273. The number of piperidine rings is 1. The van der Waals surface area contributed by atoms with Crippen molar-refractivity contribution in [3.05, 3.63) is 54.2 Å². The lowest BCUT2D eigenvalue weighted by atomic mass is 10.0. The number of aromatic amines is 1. The lowest BCUT2D eigenvalue weighted by molar-refractivity contribution is 0.145. The topological polar surface area (TPSA) is 106 Å². The van der Waals surface area contributed by atoms with Gasteiger partial charge >= 0.3 is 0 Å². The van der Waals surface area contributed by atoms with E-state index in [0.29, 0.717) is 5.56 Å². The fourth-order valence-corrected chi connectivity index (χ4v) is 4.05. The van der Waals surface area contributed by atoms with Crippen LogP contribution >= 0.6 is 0 Å². The van der Waals surface area contributed by atoms with E-state index in [1.54, 1.807) is 10.7 Å². The maximum atomic E-state index is 9.73. The van der Waals surface area contributed by atoms with Crippen LogP contribution in [-0.4, -0.2) is 49.1 Å². The van der Waals surface area contributed by atoms with Crippen molar-refractivity contribution in [2.45, 2.75) is 25.9 Å². The first-order valence-electron chi connectivity index (χ1n) is 9.95. The van der Waals surface area contributed by atoms with Gasteiger partial charge in [0.15, 0.2) is 0 Å². The summed E-state index contributed by atoms with van der Waals surface area (Å²) in [6.07, 6.45) is 8.52. The number of fused-ring (bicyclic) bond motifs is 1. The number of rotatable bonds is 3. The Bertz CT molecular complexity index is 1240. The number of H-pyrrole nitrogens is 1. The van der Waals surface area contributed by atoms with Gasteiger partial charge in [-0.2, -0.15) is 15.5 Å². The average Bonchev–Trinajstić information content (AvgIpc) is 3.39. The van der Waals surface area contributed by atoms with Gasteiger partial charge < -0.3 is 10.0 Å². The number of anilines is 1. The van der Waals surface area contributed by atoms with Crippen molar-refractivity contribution < 1.29 is 5.11 Å². The smallest absolute Gasteiger partial charge is 0.128 e. The third-order valence-corrected chi connectivity index (χ3v) is 5.72. The van der Waals surface area contributed by atoms with Crippen molar-refractivity contribution in [3.8, 4) is 28.3 Å². The summed E-state index contributed by atoms with van der Waals surface area (Å²) in [6, 6.07) is 8.33. The summed E-state index contributed by atoms with van der Waals surface area (Å²) >= 11 is 0. The Morgan fingerprint density at radius 1 is 1.17 bits per heavy atom. The van der Waals surface area contributed by atoms with Crippen LogP contribution in [-0.2, 0) is 0 Å². The summed E-state index contributed by atoms with van der Waals surface area (Å²) in [5.74, 6) is 0.900. The molecule has 0 atom stereocenters. The molecule has 0 aliphatic carbocycles. The zero-order valence-electron chi connectivity index (χ0n) is 16.6. The number of aliphatic hydroxyl groups excluding tert-OH is 1. The summed E-state index contributed by atoms with van der Waals surface area (Å²) in [5.41, 5.74) is 5.95. The molecule has 0 aromatic carbocycles. The lowest BCUT2D eigenvalue weighted by Crippen LogP contribution is -2.36. The number of pyridine rings is 2. The van der Waals surface area contributed by atoms with Gasteiger partial charge in [-0.3, -0.25) is 5.10 Å². The highest BCUT2D eigenvalue weighted by molar-refractivity contribution is 5.87. The number of aryl methyl sites for hydroxylation is 1. The Morgan fingerprint density at radius 3 is 2.67 bits per heavy atom. The molecule has 0 amide bonds. The van der Waals surface area contributed by atoms with E-state index in [1.165, 1.54) is 0 Å². The maximum Gasteiger partial charge on any atom is 0.128 e. The second-order valence-corrected chi connectivity index (χ2v) is 7.61. The third-order valence-electron chi connectivity index (χ3n) is 5.72. The van der Waals surface area contributed by atoms with Gasteiger partial charge in [0.1, 0.15) is 11.9 Å². The molecule has 1 aliphatic rings. The highest BCUT2D eigenvalue weighted by Gasteiger charge is 2.19. The highest BCUT2D eigenvalue weighted by atomic mass is 16.3. The first-order chi connectivity index (χ1) is 14.6. The van der Waals surface area contributed by atoms with E-state index in [1.807, 2.05) is 37.6 Å². The average molecular weight is 399 g/mol. The Labute approximate surface area is 173 Å². The van der Waals surface area contributed by atoms with Gasteiger partial charge in [0.25, 0.3) is 0 Å².